The summed E-state index contributed by atoms with van der Waals surface area (Å²) in [6.07, 6.45) is -3.14. The summed E-state index contributed by atoms with van der Waals surface area (Å²) in [6, 6.07) is 11.6. The van der Waals surface area contributed by atoms with Crippen molar-refractivity contribution in [3.63, 3.8) is 0 Å². The Hall–Kier alpha value is -3.76. The number of carbonyl (C=O) groups excluding carboxylic acids is 3. The topological polar surface area (TPSA) is 144 Å². The number of carbonyl (C=O) groups is 3. The summed E-state index contributed by atoms with van der Waals surface area (Å²) in [5, 5.41) is 13.3. The van der Waals surface area contributed by atoms with Gasteiger partial charge in [0.1, 0.15) is 11.4 Å². The number of hydrogen-bond donors (Lipinski definition) is 3. The van der Waals surface area contributed by atoms with Gasteiger partial charge in [0.2, 0.25) is 0 Å². The molecule has 0 aliphatic carbocycles. The third-order valence-electron chi connectivity index (χ3n) is 5.54. The number of esters is 1. The first-order valence-electron chi connectivity index (χ1n) is 11.2. The summed E-state index contributed by atoms with van der Waals surface area (Å²) >= 11 is 0. The number of amides is 2. The third kappa shape index (κ3) is 5.33. The average Bonchev–Trinajstić information content (AvgIpc) is 3.17. The number of rotatable bonds is 5. The molecule has 2 aromatic carbocycles. The lowest BCUT2D eigenvalue weighted by Gasteiger charge is -2.34. The molecule has 0 bridgehead atoms. The first-order valence-corrected chi connectivity index (χ1v) is 11.2. The van der Waals surface area contributed by atoms with Crippen molar-refractivity contribution >= 4 is 35.0 Å². The van der Waals surface area contributed by atoms with Crippen LogP contribution in [0.3, 0.4) is 0 Å². The Labute approximate surface area is 202 Å². The molecule has 1 fully saturated rings. The van der Waals surface area contributed by atoms with Gasteiger partial charge in [-0.2, -0.15) is 0 Å². The van der Waals surface area contributed by atoms with Crippen molar-refractivity contribution in [2.45, 2.75) is 45.1 Å². The lowest BCUT2D eigenvalue weighted by Crippen LogP contribution is -2.55. The minimum absolute atomic E-state index is 0.104. The van der Waals surface area contributed by atoms with Gasteiger partial charge in [0.15, 0.2) is 12.2 Å². The summed E-state index contributed by atoms with van der Waals surface area (Å²) in [4.78, 5) is 43.8. The van der Waals surface area contributed by atoms with Gasteiger partial charge in [-0.05, 0) is 62.7 Å². The van der Waals surface area contributed by atoms with Crippen LogP contribution >= 0.6 is 0 Å². The van der Waals surface area contributed by atoms with Gasteiger partial charge in [-0.15, -0.1) is 0 Å². The van der Waals surface area contributed by atoms with Crippen LogP contribution in [0.2, 0.25) is 0 Å². The van der Waals surface area contributed by atoms with Crippen LogP contribution in [0.5, 0.6) is 0 Å². The number of anilines is 2. The number of nitrogens with one attached hydrogen (secondary N) is 1. The molecule has 0 unspecified atom stereocenters. The summed E-state index contributed by atoms with van der Waals surface area (Å²) in [5.74, 6) is -1.44. The zero-order valence-electron chi connectivity index (χ0n) is 19.8. The average molecular weight is 481 g/mol. The van der Waals surface area contributed by atoms with Gasteiger partial charge in [-0.1, -0.05) is 6.07 Å². The molecule has 1 saturated heterocycles. The van der Waals surface area contributed by atoms with E-state index in [0.29, 0.717) is 23.8 Å². The minimum atomic E-state index is -1.74. The quantitative estimate of drug-likeness (QED) is 0.552. The van der Waals surface area contributed by atoms with Gasteiger partial charge in [-0.25, -0.2) is 4.79 Å². The molecule has 0 spiro atoms. The zero-order valence-corrected chi connectivity index (χ0v) is 19.8. The van der Waals surface area contributed by atoms with E-state index in [4.69, 9.17) is 15.2 Å². The molecular weight excluding hydrogens is 452 g/mol. The van der Waals surface area contributed by atoms with Gasteiger partial charge in [0, 0.05) is 23.5 Å². The number of aliphatic imine (C=N–C) groups is 1. The highest BCUT2D eigenvalue weighted by Gasteiger charge is 2.39. The molecule has 184 valence electrons. The van der Waals surface area contributed by atoms with Crippen LogP contribution in [0, 0.1) is 0 Å². The standard InChI is InChI=1S/C25H28N4O6/c1-25(2,3)35-24(33)14-5-4-6-17(12-14)29-9-10-34-20(23(29)32)19(30)22(31)28-16-7-8-18-15(11-16)13-27-21(18)26/h4-8,11-12,19-20,30H,9-10,13H2,1-3H3,(H2,26,27)(H,28,31)/t19-,20-/m1/s1. The van der Waals surface area contributed by atoms with E-state index in [-0.39, 0.29) is 18.7 Å². The predicted molar refractivity (Wildman–Crippen MR) is 129 cm³/mol. The fourth-order valence-corrected chi connectivity index (χ4v) is 3.89. The van der Waals surface area contributed by atoms with Gasteiger partial charge in [0.25, 0.3) is 11.8 Å². The molecule has 2 heterocycles. The molecule has 2 amide bonds. The second kappa shape index (κ2) is 9.47. The molecule has 4 rings (SSSR count). The molecule has 0 radical (unpaired) electrons. The molecule has 2 aliphatic heterocycles. The molecule has 35 heavy (non-hydrogen) atoms. The number of hydrogen-bond acceptors (Lipinski definition) is 8. The van der Waals surface area contributed by atoms with E-state index in [2.05, 4.69) is 10.3 Å². The maximum atomic E-state index is 13.1. The Kier molecular flexibility index (Phi) is 6.60. The molecular formula is C25H28N4O6. The predicted octanol–water partition coefficient (Wildman–Crippen LogP) is 1.59. The Morgan fingerprint density at radius 2 is 2.03 bits per heavy atom. The molecule has 4 N–H and O–H groups in total. The Morgan fingerprint density at radius 1 is 1.26 bits per heavy atom. The summed E-state index contributed by atoms with van der Waals surface area (Å²) in [5.41, 5.74) is 7.98. The Bertz CT molecular complexity index is 1200. The first kappa shape index (κ1) is 24.4. The number of morpholine rings is 1. The number of ether oxygens (including phenoxy) is 2. The highest BCUT2D eigenvalue weighted by Crippen LogP contribution is 2.25. The van der Waals surface area contributed by atoms with Crippen LogP contribution < -0.4 is 16.0 Å². The van der Waals surface area contributed by atoms with E-state index in [1.807, 2.05) is 0 Å². The van der Waals surface area contributed by atoms with Crippen LogP contribution in [-0.2, 0) is 25.6 Å². The highest BCUT2D eigenvalue weighted by atomic mass is 16.6. The second-order valence-electron chi connectivity index (χ2n) is 9.34. The van der Waals surface area contributed by atoms with Crippen molar-refractivity contribution in [3.05, 3.63) is 59.2 Å². The molecule has 0 saturated carbocycles. The van der Waals surface area contributed by atoms with Crippen molar-refractivity contribution in [1.29, 1.82) is 0 Å². The Morgan fingerprint density at radius 3 is 2.77 bits per heavy atom. The second-order valence-corrected chi connectivity index (χ2v) is 9.34. The maximum Gasteiger partial charge on any atom is 0.338 e. The number of fused-ring (bicyclic) bond motifs is 1. The summed E-state index contributed by atoms with van der Waals surface area (Å²) < 4.78 is 10.9. The fraction of sp³-hybridized carbons (Fsp3) is 0.360. The van der Waals surface area contributed by atoms with Crippen LogP contribution in [-0.4, -0.2) is 59.7 Å². The maximum absolute atomic E-state index is 13.1. The summed E-state index contributed by atoms with van der Waals surface area (Å²) in [6.45, 7) is 6.02. The van der Waals surface area contributed by atoms with Crippen LogP contribution in [0.4, 0.5) is 11.4 Å². The van der Waals surface area contributed by atoms with Crippen molar-refractivity contribution in [1.82, 2.24) is 0 Å². The van der Waals surface area contributed by atoms with Gasteiger partial charge in [-0.3, -0.25) is 14.6 Å². The number of benzene rings is 2. The van der Waals surface area contributed by atoms with E-state index in [1.165, 1.54) is 4.90 Å². The van der Waals surface area contributed by atoms with E-state index >= 15 is 0 Å². The molecule has 2 aromatic rings. The number of amidine groups is 1. The van der Waals surface area contributed by atoms with Gasteiger partial charge in [0.05, 0.1) is 18.7 Å². The number of nitrogens with zero attached hydrogens (tertiary/aromatic N) is 2. The van der Waals surface area contributed by atoms with E-state index in [0.717, 1.165) is 11.1 Å². The van der Waals surface area contributed by atoms with Crippen LogP contribution in [0.15, 0.2) is 47.5 Å². The lowest BCUT2D eigenvalue weighted by atomic mass is 10.1. The van der Waals surface area contributed by atoms with Crippen LogP contribution in [0.25, 0.3) is 0 Å². The number of aliphatic hydroxyl groups is 1. The fourth-order valence-electron chi connectivity index (χ4n) is 3.89. The minimum Gasteiger partial charge on any atom is -0.456 e. The third-order valence-corrected chi connectivity index (χ3v) is 5.54. The van der Waals surface area contributed by atoms with Gasteiger partial charge < -0.3 is 30.5 Å². The smallest absolute Gasteiger partial charge is 0.338 e. The monoisotopic (exact) mass is 480 g/mol. The van der Waals surface area contributed by atoms with E-state index < -0.39 is 35.6 Å². The van der Waals surface area contributed by atoms with E-state index in [9.17, 15) is 19.5 Å². The number of aliphatic hydroxyl groups excluding tert-OH is 1. The molecule has 10 heteroatoms. The zero-order chi connectivity index (χ0) is 25.3. The molecule has 0 aromatic heterocycles. The van der Waals surface area contributed by atoms with Crippen molar-refractivity contribution < 1.29 is 29.0 Å². The molecule has 2 atom stereocenters. The van der Waals surface area contributed by atoms with E-state index in [1.54, 1.807) is 63.2 Å². The largest absolute Gasteiger partial charge is 0.456 e. The lowest BCUT2D eigenvalue weighted by molar-refractivity contribution is -0.150. The molecule has 10 nitrogen and oxygen atoms in total. The van der Waals surface area contributed by atoms with Crippen molar-refractivity contribution in [3.8, 4) is 0 Å². The highest BCUT2D eigenvalue weighted by molar-refractivity contribution is 6.05. The van der Waals surface area contributed by atoms with Gasteiger partial charge >= 0.3 is 5.97 Å². The molecule has 2 aliphatic rings. The first-order chi connectivity index (χ1) is 16.5. The van der Waals surface area contributed by atoms with Crippen LogP contribution in [0.1, 0.15) is 42.3 Å². The van der Waals surface area contributed by atoms with Crippen molar-refractivity contribution in [2.24, 2.45) is 10.7 Å². The number of nitrogens with two attached hydrogens (primary N) is 1. The SMILES string of the molecule is CC(C)(C)OC(=O)c1cccc(N2CCO[C@H]([C@@H](O)C(=O)Nc3ccc4c(c3)CN=C4N)C2=O)c1. The van der Waals surface area contributed by atoms with Crippen molar-refractivity contribution in [2.75, 3.05) is 23.4 Å². The Balaban J connectivity index is 1.45. The summed E-state index contributed by atoms with van der Waals surface area (Å²) in [7, 11) is 0. The normalized spacial score (nSPS) is 18.5.